The first kappa shape index (κ1) is 28.6. The third-order valence-corrected chi connectivity index (χ3v) is 10.4. The molecule has 0 N–H and O–H groups in total. The van der Waals surface area contributed by atoms with Gasteiger partial charge in [0.05, 0.1) is 11.0 Å². The van der Waals surface area contributed by atoms with E-state index < -0.39 is 0 Å². The summed E-state index contributed by atoms with van der Waals surface area (Å²) in [6, 6.07) is 55.9. The molecule has 0 radical (unpaired) electrons. The van der Waals surface area contributed by atoms with Crippen molar-refractivity contribution in [3.8, 4) is 51.0 Å². The van der Waals surface area contributed by atoms with Crippen LogP contribution >= 0.6 is 0 Å². The molecule has 0 atom stereocenters. The van der Waals surface area contributed by atoms with E-state index >= 15 is 0 Å². The van der Waals surface area contributed by atoms with Gasteiger partial charge in [0.25, 0.3) is 0 Å². The summed E-state index contributed by atoms with van der Waals surface area (Å²) in [5.74, 6) is 1.87. The van der Waals surface area contributed by atoms with Gasteiger partial charge in [0.1, 0.15) is 0 Å². The molecule has 0 saturated carbocycles. The Morgan fingerprint density at radius 3 is 1.70 bits per heavy atom. The Balaban J connectivity index is 1.35. The van der Waals surface area contributed by atoms with Crippen LogP contribution in [-0.2, 0) is 5.41 Å². The summed E-state index contributed by atoms with van der Waals surface area (Å²) in [5, 5.41) is 4.70. The molecule has 1 aliphatic carbocycles. The fourth-order valence-electron chi connectivity index (χ4n) is 8.15. The van der Waals surface area contributed by atoms with Gasteiger partial charge in [-0.05, 0) is 50.7 Å². The molecule has 4 nitrogen and oxygen atoms in total. The van der Waals surface area contributed by atoms with Crippen molar-refractivity contribution in [1.29, 1.82) is 0 Å². The normalized spacial score (nSPS) is 13.2. The second kappa shape index (κ2) is 10.8. The summed E-state index contributed by atoms with van der Waals surface area (Å²) < 4.78 is 2.28. The van der Waals surface area contributed by atoms with Crippen LogP contribution in [0.2, 0.25) is 0 Å². The third-order valence-electron chi connectivity index (χ3n) is 10.4. The number of rotatable bonds is 4. The van der Waals surface area contributed by atoms with Crippen molar-refractivity contribution in [2.75, 3.05) is 0 Å². The largest absolute Gasteiger partial charge is 0.277 e. The predicted octanol–water partition coefficient (Wildman–Crippen LogP) is 11.4. The maximum atomic E-state index is 5.26. The van der Waals surface area contributed by atoms with Gasteiger partial charge in [-0.2, -0.15) is 9.97 Å². The highest BCUT2D eigenvalue weighted by atomic mass is 15.2. The molecule has 7 aromatic carbocycles. The van der Waals surface area contributed by atoms with E-state index in [1.807, 2.05) is 36.4 Å². The fourth-order valence-corrected chi connectivity index (χ4v) is 8.15. The first-order valence-corrected chi connectivity index (χ1v) is 17.1. The number of nitrogens with zero attached hydrogens (tertiary/aromatic N) is 4. The molecule has 0 unspecified atom stereocenters. The number of benzene rings is 7. The first-order chi connectivity index (χ1) is 24.6. The van der Waals surface area contributed by atoms with E-state index in [2.05, 4.69) is 140 Å². The molecule has 10 rings (SSSR count). The van der Waals surface area contributed by atoms with Crippen molar-refractivity contribution in [2.45, 2.75) is 19.3 Å². The first-order valence-electron chi connectivity index (χ1n) is 17.1. The van der Waals surface area contributed by atoms with Gasteiger partial charge in [-0.3, -0.25) is 4.57 Å². The van der Waals surface area contributed by atoms with Crippen LogP contribution in [0, 0.1) is 0 Å². The van der Waals surface area contributed by atoms with Crippen molar-refractivity contribution in [1.82, 2.24) is 19.5 Å². The molecule has 0 amide bonds. The van der Waals surface area contributed by atoms with Crippen molar-refractivity contribution in [2.24, 2.45) is 0 Å². The lowest BCUT2D eigenvalue weighted by Crippen LogP contribution is -2.16. The van der Waals surface area contributed by atoms with E-state index in [0.717, 1.165) is 33.1 Å². The molecular weight excluding hydrogens is 609 g/mol. The summed E-state index contributed by atoms with van der Waals surface area (Å²) in [6.07, 6.45) is 0. The molecule has 0 aliphatic heterocycles. The quantitative estimate of drug-likeness (QED) is 0.192. The molecule has 0 spiro atoms. The van der Waals surface area contributed by atoms with E-state index in [9.17, 15) is 0 Å². The molecule has 50 heavy (non-hydrogen) atoms. The van der Waals surface area contributed by atoms with Crippen LogP contribution in [0.15, 0.2) is 158 Å². The molecule has 0 saturated heterocycles. The number of hydrogen-bond donors (Lipinski definition) is 0. The molecule has 0 bridgehead atoms. The SMILES string of the molecule is CC1(C)c2ccccc2-c2cccc(-c3cccc4c5cc6ccccc6cc5n(-c5nc(-c6ccccc6)nc(-c6ccccc6)n5)c34)c21. The number of para-hydroxylation sites is 1. The monoisotopic (exact) mass is 640 g/mol. The van der Waals surface area contributed by atoms with Gasteiger partial charge in [0, 0.05) is 32.9 Å². The Kier molecular flexibility index (Phi) is 6.19. The molecule has 2 heterocycles. The van der Waals surface area contributed by atoms with Crippen LogP contribution in [0.25, 0.3) is 83.6 Å². The minimum atomic E-state index is -0.176. The molecule has 2 aromatic heterocycles. The van der Waals surface area contributed by atoms with E-state index in [-0.39, 0.29) is 5.41 Å². The number of hydrogen-bond acceptors (Lipinski definition) is 3. The minimum Gasteiger partial charge on any atom is -0.277 e. The summed E-state index contributed by atoms with van der Waals surface area (Å²) in [7, 11) is 0. The highest BCUT2D eigenvalue weighted by Gasteiger charge is 2.37. The molecule has 9 aromatic rings. The predicted molar refractivity (Wildman–Crippen MR) is 206 cm³/mol. The second-order valence-corrected chi connectivity index (χ2v) is 13.7. The van der Waals surface area contributed by atoms with E-state index in [0.29, 0.717) is 17.6 Å². The van der Waals surface area contributed by atoms with Crippen molar-refractivity contribution < 1.29 is 0 Å². The Hall–Kier alpha value is -6.39. The van der Waals surface area contributed by atoms with Crippen LogP contribution in [0.1, 0.15) is 25.0 Å². The van der Waals surface area contributed by atoms with Gasteiger partial charge in [0.15, 0.2) is 11.6 Å². The summed E-state index contributed by atoms with van der Waals surface area (Å²) in [5.41, 5.74) is 11.6. The van der Waals surface area contributed by atoms with Crippen LogP contribution in [0.3, 0.4) is 0 Å². The topological polar surface area (TPSA) is 43.6 Å². The van der Waals surface area contributed by atoms with E-state index in [1.54, 1.807) is 0 Å². The minimum absolute atomic E-state index is 0.176. The lowest BCUT2D eigenvalue weighted by atomic mass is 9.78. The lowest BCUT2D eigenvalue weighted by molar-refractivity contribution is 0.662. The lowest BCUT2D eigenvalue weighted by Gasteiger charge is -2.25. The van der Waals surface area contributed by atoms with Gasteiger partial charge < -0.3 is 0 Å². The van der Waals surface area contributed by atoms with Gasteiger partial charge >= 0.3 is 0 Å². The number of aromatic nitrogens is 4. The molecule has 0 fully saturated rings. The molecule has 236 valence electrons. The summed E-state index contributed by atoms with van der Waals surface area (Å²) in [4.78, 5) is 15.6. The van der Waals surface area contributed by atoms with Gasteiger partial charge in [0.2, 0.25) is 5.95 Å². The smallest absolute Gasteiger partial charge is 0.238 e. The summed E-state index contributed by atoms with van der Waals surface area (Å²) >= 11 is 0. The summed E-state index contributed by atoms with van der Waals surface area (Å²) in [6.45, 7) is 4.71. The Morgan fingerprint density at radius 2 is 1.00 bits per heavy atom. The fraction of sp³-hybridized carbons (Fsp3) is 0.0652. The Morgan fingerprint density at radius 1 is 0.460 bits per heavy atom. The Labute approximate surface area is 290 Å². The maximum Gasteiger partial charge on any atom is 0.238 e. The average Bonchev–Trinajstić information content (AvgIpc) is 3.62. The zero-order valence-electron chi connectivity index (χ0n) is 27.8. The van der Waals surface area contributed by atoms with Crippen molar-refractivity contribution >= 4 is 32.6 Å². The van der Waals surface area contributed by atoms with Crippen LogP contribution in [0.4, 0.5) is 0 Å². The molecule has 1 aliphatic rings. The zero-order valence-corrected chi connectivity index (χ0v) is 27.8. The van der Waals surface area contributed by atoms with Gasteiger partial charge in [-0.15, -0.1) is 0 Å². The van der Waals surface area contributed by atoms with Crippen LogP contribution in [-0.4, -0.2) is 19.5 Å². The average molecular weight is 641 g/mol. The highest BCUT2D eigenvalue weighted by molar-refractivity contribution is 6.17. The van der Waals surface area contributed by atoms with Gasteiger partial charge in [-0.25, -0.2) is 4.98 Å². The second-order valence-electron chi connectivity index (χ2n) is 13.7. The van der Waals surface area contributed by atoms with E-state index in [4.69, 9.17) is 15.0 Å². The maximum absolute atomic E-state index is 5.26. The van der Waals surface area contributed by atoms with Gasteiger partial charge in [-0.1, -0.05) is 159 Å². The Bertz CT molecular complexity index is 2720. The van der Waals surface area contributed by atoms with E-state index in [1.165, 1.54) is 44.0 Å². The standard InChI is InChI=1S/C46H32N4/c1-46(2)39-26-12-11-21-33(39)34-22-13-23-35(41(34)46)36-24-14-25-37-38-27-31-19-9-10-20-32(31)28-40(38)50(42(36)37)45-48-43(29-15-5-3-6-16-29)47-44(49-45)30-17-7-4-8-18-30/h3-28H,1-2H3. The highest BCUT2D eigenvalue weighted by Crippen LogP contribution is 2.53. The van der Waals surface area contributed by atoms with Crippen molar-refractivity contribution in [3.63, 3.8) is 0 Å². The molecule has 4 heteroatoms. The third kappa shape index (κ3) is 4.21. The number of fused-ring (bicyclic) bond motifs is 7. The van der Waals surface area contributed by atoms with Crippen molar-refractivity contribution in [3.05, 3.63) is 169 Å². The van der Waals surface area contributed by atoms with Crippen LogP contribution < -0.4 is 0 Å². The zero-order chi connectivity index (χ0) is 33.4. The molecular formula is C46H32N4. The van der Waals surface area contributed by atoms with Crippen LogP contribution in [0.5, 0.6) is 0 Å².